The van der Waals surface area contributed by atoms with Gasteiger partial charge in [0, 0.05) is 19.8 Å². The monoisotopic (exact) mass is 238 g/mol. The van der Waals surface area contributed by atoms with Crippen LogP contribution in [-0.2, 0) is 7.05 Å². The Balaban J connectivity index is 2.51. The zero-order valence-corrected chi connectivity index (χ0v) is 11.0. The molecule has 0 aliphatic carbocycles. The molecule has 0 bridgehead atoms. The summed E-state index contributed by atoms with van der Waals surface area (Å²) in [5, 5.41) is 12.3. The third-order valence-corrected chi connectivity index (χ3v) is 2.75. The first-order chi connectivity index (χ1) is 7.82. The Bertz CT molecular complexity index is 381. The number of hydrogen-bond acceptors (Lipinski definition) is 2. The van der Waals surface area contributed by atoms with Crippen molar-refractivity contribution < 1.29 is 9.90 Å². The molecule has 1 rings (SSSR count). The summed E-state index contributed by atoms with van der Waals surface area (Å²) in [6, 6.07) is 3.63. The van der Waals surface area contributed by atoms with Crippen LogP contribution in [0.25, 0.3) is 0 Å². The topological polar surface area (TPSA) is 54.3 Å². The molecule has 17 heavy (non-hydrogen) atoms. The molecule has 0 saturated carbocycles. The van der Waals surface area contributed by atoms with E-state index in [9.17, 15) is 9.90 Å². The Morgan fingerprint density at radius 1 is 1.59 bits per heavy atom. The highest BCUT2D eigenvalue weighted by Gasteiger charge is 2.21. The van der Waals surface area contributed by atoms with Crippen molar-refractivity contribution in [1.82, 2.24) is 9.88 Å². The molecule has 1 atom stereocenters. The largest absolute Gasteiger partial charge is 0.393 e. The number of nitrogens with zero attached hydrogens (tertiary/aromatic N) is 1. The summed E-state index contributed by atoms with van der Waals surface area (Å²) >= 11 is 0. The predicted molar refractivity (Wildman–Crippen MR) is 67.8 cm³/mol. The summed E-state index contributed by atoms with van der Waals surface area (Å²) in [7, 11) is 1.84. The number of carbonyl (C=O) groups excluding carboxylic acids is 1. The summed E-state index contributed by atoms with van der Waals surface area (Å²) in [4.78, 5) is 11.9. The van der Waals surface area contributed by atoms with E-state index in [1.807, 2.05) is 33.2 Å². The highest BCUT2D eigenvalue weighted by Crippen LogP contribution is 2.21. The minimum atomic E-state index is -0.350. The smallest absolute Gasteiger partial charge is 0.267 e. The number of aliphatic hydroxyl groups excluding tert-OH is 1. The van der Waals surface area contributed by atoms with Crippen molar-refractivity contribution in [2.24, 2.45) is 12.5 Å². The minimum Gasteiger partial charge on any atom is -0.393 e. The number of nitrogens with one attached hydrogen (secondary N) is 1. The summed E-state index contributed by atoms with van der Waals surface area (Å²) in [5.41, 5.74) is 0.549. The second-order valence-corrected chi connectivity index (χ2v) is 5.40. The third-order valence-electron chi connectivity index (χ3n) is 2.75. The van der Waals surface area contributed by atoms with Crippen LogP contribution >= 0.6 is 0 Å². The van der Waals surface area contributed by atoms with Crippen molar-refractivity contribution in [2.45, 2.75) is 33.3 Å². The summed E-state index contributed by atoms with van der Waals surface area (Å²) in [6.07, 6.45) is 2.16. The van der Waals surface area contributed by atoms with Gasteiger partial charge >= 0.3 is 0 Å². The first kappa shape index (κ1) is 13.8. The standard InChI is InChI=1S/C13H22N2O2/c1-10(16)8-13(2,3)9-14-12(17)11-6-5-7-15(11)4/h5-7,10,16H,8-9H2,1-4H3,(H,14,17). The van der Waals surface area contributed by atoms with Crippen molar-refractivity contribution in [1.29, 1.82) is 0 Å². The number of carbonyl (C=O) groups is 1. The van der Waals surface area contributed by atoms with E-state index in [1.165, 1.54) is 0 Å². The molecule has 0 aliphatic rings. The van der Waals surface area contributed by atoms with Crippen molar-refractivity contribution in [2.75, 3.05) is 6.54 Å². The zero-order chi connectivity index (χ0) is 13.1. The van der Waals surface area contributed by atoms with Crippen LogP contribution in [0.4, 0.5) is 0 Å². The van der Waals surface area contributed by atoms with Gasteiger partial charge < -0.3 is 15.0 Å². The fraction of sp³-hybridized carbons (Fsp3) is 0.615. The lowest BCUT2D eigenvalue weighted by molar-refractivity contribution is 0.0894. The van der Waals surface area contributed by atoms with Gasteiger partial charge in [0.05, 0.1) is 6.10 Å². The lowest BCUT2D eigenvalue weighted by Gasteiger charge is -2.26. The second kappa shape index (κ2) is 5.36. The summed E-state index contributed by atoms with van der Waals surface area (Å²) < 4.78 is 1.79. The Morgan fingerprint density at radius 2 is 2.24 bits per heavy atom. The van der Waals surface area contributed by atoms with Gasteiger partial charge in [-0.05, 0) is 30.9 Å². The SMILES string of the molecule is CC(O)CC(C)(C)CNC(=O)c1cccn1C. The highest BCUT2D eigenvalue weighted by atomic mass is 16.3. The average Bonchev–Trinajstić information content (AvgIpc) is 2.59. The lowest BCUT2D eigenvalue weighted by Crippen LogP contribution is -2.36. The van der Waals surface area contributed by atoms with Crippen LogP contribution < -0.4 is 5.32 Å². The molecule has 0 spiro atoms. The summed E-state index contributed by atoms with van der Waals surface area (Å²) in [5.74, 6) is -0.0730. The van der Waals surface area contributed by atoms with Gasteiger partial charge in [-0.15, -0.1) is 0 Å². The highest BCUT2D eigenvalue weighted by molar-refractivity contribution is 5.92. The van der Waals surface area contributed by atoms with Crippen LogP contribution in [-0.4, -0.2) is 28.2 Å². The maximum atomic E-state index is 11.9. The van der Waals surface area contributed by atoms with Crippen molar-refractivity contribution in [3.05, 3.63) is 24.0 Å². The molecule has 4 heteroatoms. The third kappa shape index (κ3) is 4.23. The molecule has 1 amide bonds. The number of aryl methyl sites for hydroxylation is 1. The molecule has 1 aromatic rings. The van der Waals surface area contributed by atoms with Crippen LogP contribution in [0, 0.1) is 5.41 Å². The van der Waals surface area contributed by atoms with Crippen LogP contribution in [0.15, 0.2) is 18.3 Å². The van der Waals surface area contributed by atoms with Crippen molar-refractivity contribution in [3.63, 3.8) is 0 Å². The quantitative estimate of drug-likeness (QED) is 0.817. The number of aliphatic hydroxyl groups is 1. The molecule has 1 heterocycles. The minimum absolute atomic E-state index is 0.0730. The Morgan fingerprint density at radius 3 is 2.71 bits per heavy atom. The van der Waals surface area contributed by atoms with E-state index in [4.69, 9.17) is 0 Å². The number of aromatic nitrogens is 1. The molecule has 0 aliphatic heterocycles. The predicted octanol–water partition coefficient (Wildman–Crippen LogP) is 1.55. The lowest BCUT2D eigenvalue weighted by atomic mass is 9.87. The second-order valence-electron chi connectivity index (χ2n) is 5.40. The van der Waals surface area contributed by atoms with E-state index >= 15 is 0 Å². The molecule has 4 nitrogen and oxygen atoms in total. The Hall–Kier alpha value is -1.29. The zero-order valence-electron chi connectivity index (χ0n) is 11.0. The van der Waals surface area contributed by atoms with E-state index in [-0.39, 0.29) is 17.4 Å². The van der Waals surface area contributed by atoms with Crippen LogP contribution in [0.1, 0.15) is 37.7 Å². The molecule has 1 unspecified atom stereocenters. The van der Waals surface area contributed by atoms with E-state index in [2.05, 4.69) is 5.32 Å². The molecule has 0 radical (unpaired) electrons. The van der Waals surface area contributed by atoms with E-state index in [0.29, 0.717) is 18.7 Å². The first-order valence-electron chi connectivity index (χ1n) is 5.89. The molecular weight excluding hydrogens is 216 g/mol. The van der Waals surface area contributed by atoms with Gasteiger partial charge in [0.1, 0.15) is 5.69 Å². The van der Waals surface area contributed by atoms with Gasteiger partial charge in [-0.2, -0.15) is 0 Å². The maximum Gasteiger partial charge on any atom is 0.267 e. The maximum absolute atomic E-state index is 11.9. The molecule has 0 saturated heterocycles. The molecule has 96 valence electrons. The first-order valence-corrected chi connectivity index (χ1v) is 5.89. The van der Waals surface area contributed by atoms with Crippen LogP contribution in [0.5, 0.6) is 0 Å². The van der Waals surface area contributed by atoms with Crippen molar-refractivity contribution >= 4 is 5.91 Å². The van der Waals surface area contributed by atoms with Crippen molar-refractivity contribution in [3.8, 4) is 0 Å². The van der Waals surface area contributed by atoms with Crippen LogP contribution in [0.2, 0.25) is 0 Å². The van der Waals surface area contributed by atoms with Gasteiger partial charge in [-0.25, -0.2) is 0 Å². The molecule has 0 fully saturated rings. The Kier molecular flexibility index (Phi) is 4.34. The van der Waals surface area contributed by atoms with Gasteiger partial charge in [0.2, 0.25) is 0 Å². The fourth-order valence-corrected chi connectivity index (χ4v) is 1.98. The van der Waals surface area contributed by atoms with E-state index in [1.54, 1.807) is 17.6 Å². The number of amides is 1. The normalized spacial score (nSPS) is 13.5. The number of rotatable bonds is 5. The molecule has 1 aromatic heterocycles. The van der Waals surface area contributed by atoms with E-state index < -0.39 is 0 Å². The molecular formula is C13H22N2O2. The van der Waals surface area contributed by atoms with Gasteiger partial charge in [0.15, 0.2) is 0 Å². The number of hydrogen-bond donors (Lipinski definition) is 2. The average molecular weight is 238 g/mol. The Labute approximate surface area is 103 Å². The van der Waals surface area contributed by atoms with Gasteiger partial charge in [0.25, 0.3) is 5.91 Å². The molecule has 0 aromatic carbocycles. The molecule has 2 N–H and O–H groups in total. The fourth-order valence-electron chi connectivity index (χ4n) is 1.98. The van der Waals surface area contributed by atoms with Gasteiger partial charge in [-0.1, -0.05) is 13.8 Å². The van der Waals surface area contributed by atoms with E-state index in [0.717, 1.165) is 0 Å². The van der Waals surface area contributed by atoms with Gasteiger partial charge in [-0.3, -0.25) is 4.79 Å². The van der Waals surface area contributed by atoms with Crippen LogP contribution in [0.3, 0.4) is 0 Å². The summed E-state index contributed by atoms with van der Waals surface area (Å²) in [6.45, 7) is 6.39.